The quantitative estimate of drug-likeness (QED) is 0.433. The molecule has 18 heavy (non-hydrogen) atoms. The van der Waals surface area contributed by atoms with Crippen molar-refractivity contribution < 1.29 is 22.3 Å². The molecule has 1 aliphatic heterocycles. The minimum Gasteiger partial charge on any atom is -0.265 e. The highest BCUT2D eigenvalue weighted by Crippen LogP contribution is 2.29. The van der Waals surface area contributed by atoms with Gasteiger partial charge in [0, 0.05) is 11.1 Å². The zero-order chi connectivity index (χ0) is 13.1. The van der Waals surface area contributed by atoms with Crippen LogP contribution in [0, 0.1) is 0 Å². The molecule has 0 aromatic heterocycles. The van der Waals surface area contributed by atoms with Crippen LogP contribution < -0.4 is 0 Å². The Morgan fingerprint density at radius 3 is 2.22 bits per heavy atom. The molecule has 10 heteroatoms. The number of hydrogen-bond acceptors (Lipinski definition) is 4. The molecule has 1 atom stereocenters. The molecule has 100 valence electrons. The normalized spacial score (nSPS) is 17.1. The van der Waals surface area contributed by atoms with Crippen molar-refractivity contribution in [1.29, 1.82) is 0 Å². The van der Waals surface area contributed by atoms with E-state index in [1.807, 2.05) is 6.07 Å². The molecule has 1 aromatic rings. The topological polar surface area (TPSA) is 116 Å². The van der Waals surface area contributed by atoms with Gasteiger partial charge in [0.25, 0.3) is 5.91 Å². The van der Waals surface area contributed by atoms with Crippen molar-refractivity contribution in [1.82, 2.24) is 0 Å². The summed E-state index contributed by atoms with van der Waals surface area (Å²) >= 11 is 5.80. The summed E-state index contributed by atoms with van der Waals surface area (Å²) in [7, 11) is -4.67. The molecule has 0 radical (unpaired) electrons. The first-order valence-electron chi connectivity index (χ1n) is 4.17. The monoisotopic (exact) mass is 314 g/mol. The van der Waals surface area contributed by atoms with E-state index >= 15 is 0 Å². The van der Waals surface area contributed by atoms with E-state index < -0.39 is 15.9 Å². The lowest BCUT2D eigenvalue weighted by Gasteiger charge is -2.11. The number of alkyl halides is 1. The molecule has 0 saturated heterocycles. The van der Waals surface area contributed by atoms with Gasteiger partial charge in [0.2, 0.25) is 0 Å². The van der Waals surface area contributed by atoms with Crippen LogP contribution in [0.1, 0.15) is 21.4 Å². The minimum absolute atomic E-state index is 0. The molecule has 0 spiro atoms. The van der Waals surface area contributed by atoms with Gasteiger partial charge in [-0.1, -0.05) is 29.8 Å². The summed E-state index contributed by atoms with van der Waals surface area (Å²) in [5.74, 6) is -0.317. The van der Waals surface area contributed by atoms with Gasteiger partial charge in [-0.3, -0.25) is 13.9 Å². The Hall–Kier alpha value is -1.06. The highest BCUT2D eigenvalue weighted by atomic mass is 35.5. The molecule has 7 nitrogen and oxygen atoms in total. The fourth-order valence-electron chi connectivity index (χ4n) is 1.12. The molecule has 0 fully saturated rings. The summed E-state index contributed by atoms with van der Waals surface area (Å²) in [5, 5.41) is 7.00. The van der Waals surface area contributed by atoms with Gasteiger partial charge in [-0.25, -0.2) is 0 Å². The minimum atomic E-state index is -4.67. The number of carbonyl (C=O) groups is 1. The van der Waals surface area contributed by atoms with Gasteiger partial charge in [-0.2, -0.15) is 13.5 Å². The van der Waals surface area contributed by atoms with Crippen LogP contribution in [0.2, 0.25) is 0 Å². The Morgan fingerprint density at radius 1 is 1.22 bits per heavy atom. The molecule has 1 unspecified atom stereocenters. The average Bonchev–Trinajstić information content (AvgIpc) is 2.22. The predicted molar refractivity (Wildman–Crippen MR) is 65.6 cm³/mol. The Labute approximate surface area is 114 Å². The van der Waals surface area contributed by atoms with Crippen LogP contribution in [-0.2, 0) is 10.4 Å². The van der Waals surface area contributed by atoms with Crippen molar-refractivity contribution >= 4 is 40.3 Å². The van der Waals surface area contributed by atoms with E-state index in [0.717, 1.165) is 5.56 Å². The van der Waals surface area contributed by atoms with Gasteiger partial charge >= 0.3 is 10.4 Å². The van der Waals surface area contributed by atoms with Crippen molar-refractivity contribution in [2.24, 2.45) is 10.2 Å². The number of halogens is 2. The largest absolute Gasteiger partial charge is 0.394 e. The summed E-state index contributed by atoms with van der Waals surface area (Å²) < 4.78 is 31.6. The van der Waals surface area contributed by atoms with Crippen molar-refractivity contribution in [2.75, 3.05) is 0 Å². The van der Waals surface area contributed by atoms with Crippen LogP contribution in [0.15, 0.2) is 34.5 Å². The molecule has 0 saturated carbocycles. The summed E-state index contributed by atoms with van der Waals surface area (Å²) in [6.45, 7) is 0. The Bertz CT molecular complexity index is 552. The van der Waals surface area contributed by atoms with Gasteiger partial charge in [-0.15, -0.1) is 17.5 Å². The first-order chi connectivity index (χ1) is 7.79. The Kier molecular flexibility index (Phi) is 6.36. The van der Waals surface area contributed by atoms with Crippen LogP contribution in [0.3, 0.4) is 0 Å². The maximum Gasteiger partial charge on any atom is 0.394 e. The lowest BCUT2D eigenvalue weighted by atomic mass is 10.1. The summed E-state index contributed by atoms with van der Waals surface area (Å²) in [5.41, 5.74) is 0.769. The number of hydrogen-bond donors (Lipinski definition) is 2. The fourth-order valence-corrected chi connectivity index (χ4v) is 1.35. The fraction of sp³-hybridized carbons (Fsp3) is 0.125. The third kappa shape index (κ3) is 5.52. The molecule has 2 N–H and O–H groups in total. The second kappa shape index (κ2) is 6.76. The van der Waals surface area contributed by atoms with Gasteiger partial charge < -0.3 is 0 Å². The van der Waals surface area contributed by atoms with E-state index in [0.29, 0.717) is 5.56 Å². The van der Waals surface area contributed by atoms with E-state index in [9.17, 15) is 4.79 Å². The predicted octanol–water partition coefficient (Wildman–Crippen LogP) is 2.30. The van der Waals surface area contributed by atoms with E-state index in [4.69, 9.17) is 29.1 Å². The summed E-state index contributed by atoms with van der Waals surface area (Å²) in [6, 6.07) is 7.08. The van der Waals surface area contributed by atoms with E-state index in [1.54, 1.807) is 18.2 Å². The van der Waals surface area contributed by atoms with Crippen molar-refractivity contribution in [2.45, 2.75) is 5.50 Å². The first-order valence-corrected chi connectivity index (χ1v) is 6.00. The number of nitrogens with zero attached hydrogens (tertiary/aromatic N) is 2. The Balaban J connectivity index is 0.000000421. The highest BCUT2D eigenvalue weighted by Gasteiger charge is 2.20. The summed E-state index contributed by atoms with van der Waals surface area (Å²) in [6.07, 6.45) is 0. The van der Waals surface area contributed by atoms with Crippen LogP contribution >= 0.6 is 24.0 Å². The molecule has 2 rings (SSSR count). The van der Waals surface area contributed by atoms with E-state index in [1.165, 1.54) is 0 Å². The van der Waals surface area contributed by atoms with Gasteiger partial charge in [-0.05, 0) is 6.07 Å². The molecular weight excluding hydrogens is 307 g/mol. The molecular formula is C8H8Cl2N2O5S. The molecule has 1 aromatic carbocycles. The third-order valence-electron chi connectivity index (χ3n) is 1.70. The first kappa shape index (κ1) is 16.9. The maximum atomic E-state index is 11.1. The van der Waals surface area contributed by atoms with Crippen LogP contribution in [0.4, 0.5) is 0 Å². The molecule has 1 heterocycles. The second-order valence-corrected chi connectivity index (χ2v) is 4.20. The van der Waals surface area contributed by atoms with E-state index in [2.05, 4.69) is 10.2 Å². The van der Waals surface area contributed by atoms with Crippen LogP contribution in [-0.4, -0.2) is 23.4 Å². The van der Waals surface area contributed by atoms with Gasteiger partial charge in [0.05, 0.1) is 0 Å². The number of amides is 1. The molecule has 0 bridgehead atoms. The average molecular weight is 315 g/mol. The number of fused-ring (bicyclic) bond motifs is 1. The lowest BCUT2D eigenvalue weighted by molar-refractivity contribution is 0.0987. The lowest BCUT2D eigenvalue weighted by Crippen LogP contribution is -2.05. The third-order valence-corrected chi connectivity index (χ3v) is 2.02. The molecule has 0 aliphatic carbocycles. The number of rotatable bonds is 0. The number of carbonyl (C=O) groups excluding carboxylic acids is 1. The zero-order valence-electron chi connectivity index (χ0n) is 8.59. The smallest absolute Gasteiger partial charge is 0.265 e. The number of benzene rings is 1. The van der Waals surface area contributed by atoms with Crippen LogP contribution in [0.5, 0.6) is 0 Å². The van der Waals surface area contributed by atoms with E-state index in [-0.39, 0.29) is 18.3 Å². The van der Waals surface area contributed by atoms with Crippen molar-refractivity contribution in [3.05, 3.63) is 35.4 Å². The second-order valence-electron chi connectivity index (χ2n) is 2.89. The van der Waals surface area contributed by atoms with Crippen molar-refractivity contribution in [3.8, 4) is 0 Å². The Morgan fingerprint density at radius 2 is 1.72 bits per heavy atom. The highest BCUT2D eigenvalue weighted by molar-refractivity contribution is 7.79. The summed E-state index contributed by atoms with van der Waals surface area (Å²) in [4.78, 5) is 11.1. The van der Waals surface area contributed by atoms with Gasteiger partial charge in [0.1, 0.15) is 0 Å². The zero-order valence-corrected chi connectivity index (χ0v) is 11.0. The standard InChI is InChI=1S/C8H5ClN2O.ClH.H2O4S/c9-7-5-3-1-2-4-6(5)8(12)11-10-7;;1-5(2,3)4/h1-4,7H;1H;(H2,1,2,3,4). The maximum absolute atomic E-state index is 11.1. The van der Waals surface area contributed by atoms with Gasteiger partial charge in [0.15, 0.2) is 5.50 Å². The van der Waals surface area contributed by atoms with Crippen molar-refractivity contribution in [3.63, 3.8) is 0 Å². The molecule has 1 aliphatic rings. The molecule has 1 amide bonds. The number of azo groups is 1. The SMILES string of the molecule is Cl.O=C1N=NC(Cl)c2ccccc21.O=S(=O)(O)O. The van der Waals surface area contributed by atoms with Crippen LogP contribution in [0.25, 0.3) is 0 Å².